The molecule has 1 atom stereocenters. The van der Waals surface area contributed by atoms with Gasteiger partial charge in [0.15, 0.2) is 0 Å². The number of nitrogens with zero attached hydrogens (tertiary/aromatic N) is 2. The molecule has 0 bridgehead atoms. The Balaban J connectivity index is 2.46. The number of halogens is 1. The molecule has 0 saturated heterocycles. The van der Waals surface area contributed by atoms with Gasteiger partial charge in [0.1, 0.15) is 24.1 Å². The molecule has 2 aromatic rings. The SMILES string of the molecule is CCNC(=O)[C@H](C)N(Cc1cccc(Cl)c1)C(=O)CN(c1ccc(OC)cc1OC)S(C)(=O)=O. The van der Waals surface area contributed by atoms with Gasteiger partial charge in [-0.15, -0.1) is 0 Å². The average molecular weight is 512 g/mol. The largest absolute Gasteiger partial charge is 0.497 e. The van der Waals surface area contributed by atoms with Crippen LogP contribution >= 0.6 is 11.6 Å². The van der Waals surface area contributed by atoms with Crippen molar-refractivity contribution in [2.45, 2.75) is 26.4 Å². The molecule has 0 heterocycles. The second-order valence-corrected chi connectivity index (χ2v) is 9.87. The van der Waals surface area contributed by atoms with Gasteiger partial charge in [-0.25, -0.2) is 8.42 Å². The first kappa shape index (κ1) is 27.3. The van der Waals surface area contributed by atoms with Crippen LogP contribution in [0.25, 0.3) is 0 Å². The van der Waals surface area contributed by atoms with Crippen molar-refractivity contribution in [2.24, 2.45) is 0 Å². The van der Waals surface area contributed by atoms with E-state index in [9.17, 15) is 18.0 Å². The number of likely N-dealkylation sites (N-methyl/N-ethyl adjacent to an activating group) is 1. The number of hydrogen-bond donors (Lipinski definition) is 1. The maximum absolute atomic E-state index is 13.5. The number of ether oxygens (including phenoxy) is 2. The lowest BCUT2D eigenvalue weighted by molar-refractivity contribution is -0.139. The van der Waals surface area contributed by atoms with Crippen LogP contribution < -0.4 is 19.1 Å². The predicted octanol–water partition coefficient (Wildman–Crippen LogP) is 2.68. The van der Waals surface area contributed by atoms with E-state index < -0.39 is 28.5 Å². The number of carbonyl (C=O) groups is 2. The Bertz CT molecular complexity index is 1130. The molecule has 0 unspecified atom stereocenters. The van der Waals surface area contributed by atoms with Crippen molar-refractivity contribution in [3.05, 3.63) is 53.1 Å². The highest BCUT2D eigenvalue weighted by Gasteiger charge is 2.31. The smallest absolute Gasteiger partial charge is 0.244 e. The van der Waals surface area contributed by atoms with E-state index >= 15 is 0 Å². The molecule has 0 fully saturated rings. The van der Waals surface area contributed by atoms with E-state index in [1.807, 2.05) is 0 Å². The summed E-state index contributed by atoms with van der Waals surface area (Å²) >= 11 is 6.09. The number of hydrogen-bond acceptors (Lipinski definition) is 6. The van der Waals surface area contributed by atoms with Gasteiger partial charge in [-0.3, -0.25) is 13.9 Å². The minimum Gasteiger partial charge on any atom is -0.497 e. The molecule has 0 aliphatic heterocycles. The molecular formula is C23H30ClN3O6S. The van der Waals surface area contributed by atoms with Crippen molar-refractivity contribution >= 4 is 39.1 Å². The molecular weight excluding hydrogens is 482 g/mol. The van der Waals surface area contributed by atoms with Crippen LogP contribution in [-0.4, -0.2) is 64.7 Å². The third-order valence-electron chi connectivity index (χ3n) is 5.10. The third-order valence-corrected chi connectivity index (χ3v) is 6.46. The summed E-state index contributed by atoms with van der Waals surface area (Å²) in [5.74, 6) is -0.239. The Morgan fingerprint density at radius 3 is 2.38 bits per heavy atom. The van der Waals surface area contributed by atoms with Gasteiger partial charge in [0.25, 0.3) is 0 Å². The molecule has 0 saturated carbocycles. The van der Waals surface area contributed by atoms with Crippen LogP contribution in [-0.2, 0) is 26.2 Å². The second kappa shape index (κ2) is 11.9. The number of methoxy groups -OCH3 is 2. The van der Waals surface area contributed by atoms with Crippen molar-refractivity contribution in [1.82, 2.24) is 10.2 Å². The molecule has 2 aromatic carbocycles. The van der Waals surface area contributed by atoms with Crippen molar-refractivity contribution in [3.8, 4) is 11.5 Å². The third kappa shape index (κ3) is 7.01. The fourth-order valence-corrected chi connectivity index (χ4v) is 4.39. The molecule has 0 spiro atoms. The van der Waals surface area contributed by atoms with Gasteiger partial charge in [-0.05, 0) is 43.7 Å². The first-order valence-electron chi connectivity index (χ1n) is 10.5. The van der Waals surface area contributed by atoms with E-state index in [4.69, 9.17) is 21.1 Å². The Hall–Kier alpha value is -2.98. The highest BCUT2D eigenvalue weighted by molar-refractivity contribution is 7.92. The van der Waals surface area contributed by atoms with E-state index in [-0.39, 0.29) is 23.9 Å². The summed E-state index contributed by atoms with van der Waals surface area (Å²) in [5, 5.41) is 3.18. The van der Waals surface area contributed by atoms with Gasteiger partial charge in [-0.2, -0.15) is 0 Å². The standard InChI is InChI=1S/C23H30ClN3O6S/c1-6-25-23(29)16(2)26(14-17-8-7-9-18(24)12-17)22(28)15-27(34(5,30)31)20-11-10-19(32-3)13-21(20)33-4/h7-13,16H,6,14-15H2,1-5H3,(H,25,29)/t16-/m0/s1. The van der Waals surface area contributed by atoms with Gasteiger partial charge < -0.3 is 19.7 Å². The Kier molecular flexibility index (Phi) is 9.57. The van der Waals surface area contributed by atoms with Gasteiger partial charge in [0.2, 0.25) is 21.8 Å². The van der Waals surface area contributed by atoms with Gasteiger partial charge in [-0.1, -0.05) is 23.7 Å². The number of benzene rings is 2. The van der Waals surface area contributed by atoms with Crippen LogP contribution in [0.15, 0.2) is 42.5 Å². The Morgan fingerprint density at radius 2 is 1.82 bits per heavy atom. The Morgan fingerprint density at radius 1 is 1.12 bits per heavy atom. The van der Waals surface area contributed by atoms with Crippen LogP contribution in [0.4, 0.5) is 5.69 Å². The fraction of sp³-hybridized carbons (Fsp3) is 0.391. The van der Waals surface area contributed by atoms with Crippen LogP contribution in [0.2, 0.25) is 5.02 Å². The summed E-state index contributed by atoms with van der Waals surface area (Å²) in [6.07, 6.45) is 0.998. The number of nitrogens with one attached hydrogen (secondary N) is 1. The molecule has 186 valence electrons. The van der Waals surface area contributed by atoms with Crippen LogP contribution in [0.3, 0.4) is 0 Å². The number of anilines is 1. The molecule has 0 aliphatic rings. The molecule has 0 aliphatic carbocycles. The average Bonchev–Trinajstić information content (AvgIpc) is 2.79. The summed E-state index contributed by atoms with van der Waals surface area (Å²) in [4.78, 5) is 27.4. The van der Waals surface area contributed by atoms with E-state index in [2.05, 4.69) is 5.32 Å². The number of sulfonamides is 1. The molecule has 2 amide bonds. The Labute approximate surface area is 205 Å². The molecule has 0 aromatic heterocycles. The van der Waals surface area contributed by atoms with Crippen molar-refractivity contribution in [1.29, 1.82) is 0 Å². The van der Waals surface area contributed by atoms with E-state index in [0.29, 0.717) is 22.9 Å². The molecule has 11 heteroatoms. The van der Waals surface area contributed by atoms with Crippen LogP contribution in [0.1, 0.15) is 19.4 Å². The highest BCUT2D eigenvalue weighted by atomic mass is 35.5. The minimum absolute atomic E-state index is 0.0645. The summed E-state index contributed by atoms with van der Waals surface area (Å²) in [5.41, 5.74) is 0.873. The van der Waals surface area contributed by atoms with Crippen molar-refractivity contribution in [2.75, 3.05) is 37.9 Å². The van der Waals surface area contributed by atoms with Crippen molar-refractivity contribution in [3.63, 3.8) is 0 Å². The highest BCUT2D eigenvalue weighted by Crippen LogP contribution is 2.33. The monoisotopic (exact) mass is 511 g/mol. The lowest BCUT2D eigenvalue weighted by Crippen LogP contribution is -2.51. The van der Waals surface area contributed by atoms with Gasteiger partial charge in [0.05, 0.1) is 26.2 Å². The first-order chi connectivity index (χ1) is 16.0. The first-order valence-corrected chi connectivity index (χ1v) is 12.8. The van der Waals surface area contributed by atoms with Gasteiger partial charge in [0, 0.05) is 24.2 Å². The maximum Gasteiger partial charge on any atom is 0.244 e. The number of amides is 2. The lowest BCUT2D eigenvalue weighted by atomic mass is 10.1. The molecule has 1 N–H and O–H groups in total. The van der Waals surface area contributed by atoms with Gasteiger partial charge >= 0.3 is 0 Å². The zero-order chi connectivity index (χ0) is 25.5. The van der Waals surface area contributed by atoms with E-state index in [1.54, 1.807) is 44.2 Å². The quantitative estimate of drug-likeness (QED) is 0.497. The predicted molar refractivity (Wildman–Crippen MR) is 132 cm³/mol. The zero-order valence-electron chi connectivity index (χ0n) is 19.9. The fourth-order valence-electron chi connectivity index (χ4n) is 3.32. The normalized spacial score (nSPS) is 11.9. The summed E-state index contributed by atoms with van der Waals surface area (Å²) in [6.45, 7) is 3.28. The minimum atomic E-state index is -3.89. The molecule has 2 rings (SSSR count). The van der Waals surface area contributed by atoms with E-state index in [0.717, 1.165) is 10.6 Å². The molecule has 34 heavy (non-hydrogen) atoms. The topological polar surface area (TPSA) is 105 Å². The lowest BCUT2D eigenvalue weighted by Gasteiger charge is -2.31. The zero-order valence-corrected chi connectivity index (χ0v) is 21.4. The summed E-state index contributed by atoms with van der Waals surface area (Å²) < 4.78 is 36.9. The van der Waals surface area contributed by atoms with E-state index in [1.165, 1.54) is 31.3 Å². The second-order valence-electron chi connectivity index (χ2n) is 7.53. The molecule has 0 radical (unpaired) electrons. The number of carbonyl (C=O) groups excluding carboxylic acids is 2. The van der Waals surface area contributed by atoms with Crippen LogP contribution in [0, 0.1) is 0 Å². The van der Waals surface area contributed by atoms with Crippen LogP contribution in [0.5, 0.6) is 11.5 Å². The summed E-state index contributed by atoms with van der Waals surface area (Å²) in [7, 11) is -1.02. The van der Waals surface area contributed by atoms with Crippen molar-refractivity contribution < 1.29 is 27.5 Å². The molecule has 9 nitrogen and oxygen atoms in total. The summed E-state index contributed by atoms with van der Waals surface area (Å²) in [6, 6.07) is 10.6. The maximum atomic E-state index is 13.5. The number of rotatable bonds is 11.